The Bertz CT molecular complexity index is 1400. The van der Waals surface area contributed by atoms with Gasteiger partial charge in [0.25, 0.3) is 0 Å². The van der Waals surface area contributed by atoms with E-state index in [1.54, 1.807) is 0 Å². The van der Waals surface area contributed by atoms with Gasteiger partial charge >= 0.3 is 0 Å². The topological polar surface area (TPSA) is 106 Å². The smallest absolute Gasteiger partial charge is 0.105 e. The fraction of sp³-hybridized carbons (Fsp3) is 0.594. The fourth-order valence-corrected chi connectivity index (χ4v) is 9.71. The number of aromatic nitrogens is 1. The molecule has 3 aliphatic carbocycles. The highest BCUT2D eigenvalue weighted by atomic mass is 16.5. The number of allylic oxidation sites excluding steroid dienone is 1. The van der Waals surface area contributed by atoms with Crippen molar-refractivity contribution < 1.29 is 25.2 Å². The van der Waals surface area contributed by atoms with Gasteiger partial charge in [-0.25, -0.2) is 0 Å². The number of fused-ring (bicyclic) bond motifs is 2. The molecule has 206 valence electrons. The molecule has 10 atom stereocenters. The molecule has 2 saturated heterocycles. The summed E-state index contributed by atoms with van der Waals surface area (Å²) in [5.74, 6) is 0.804. The number of pyridine rings is 1. The van der Waals surface area contributed by atoms with Crippen LogP contribution in [0.2, 0.25) is 0 Å². The third-order valence-electron chi connectivity index (χ3n) is 11.7. The van der Waals surface area contributed by atoms with Crippen LogP contribution in [0, 0.1) is 11.3 Å². The lowest BCUT2D eigenvalue weighted by Crippen LogP contribution is -2.62. The molecule has 1 aromatic carbocycles. The summed E-state index contributed by atoms with van der Waals surface area (Å²) < 4.78 is 7.31. The van der Waals surface area contributed by atoms with Gasteiger partial charge in [-0.1, -0.05) is 31.2 Å². The van der Waals surface area contributed by atoms with Gasteiger partial charge in [0.1, 0.15) is 6.10 Å². The van der Waals surface area contributed by atoms with Crippen molar-refractivity contribution in [3.05, 3.63) is 65.5 Å². The minimum absolute atomic E-state index is 0.0611. The molecule has 4 N–H and O–H groups in total. The first-order valence-electron chi connectivity index (χ1n) is 14.7. The molecule has 3 aliphatic heterocycles. The number of hydrogen-bond acceptors (Lipinski definition) is 7. The minimum atomic E-state index is -1.02. The molecule has 4 fully saturated rings. The Morgan fingerprint density at radius 3 is 2.64 bits per heavy atom. The molecule has 8 rings (SSSR count). The van der Waals surface area contributed by atoms with Crippen LogP contribution in [0.1, 0.15) is 56.9 Å². The monoisotopic (exact) mass is 530 g/mol. The summed E-state index contributed by atoms with van der Waals surface area (Å²) in [6, 6.07) is 8.55. The van der Waals surface area contributed by atoms with Gasteiger partial charge in [0.2, 0.25) is 0 Å². The molecular formula is C32H38N2O5. The molecular weight excluding hydrogens is 492 g/mol. The quantitative estimate of drug-likeness (QED) is 0.473. The van der Waals surface area contributed by atoms with Crippen molar-refractivity contribution in [3.8, 4) is 0 Å². The number of rotatable bonds is 2. The van der Waals surface area contributed by atoms with Gasteiger partial charge in [0.15, 0.2) is 0 Å². The van der Waals surface area contributed by atoms with Gasteiger partial charge in [-0.05, 0) is 90.0 Å². The third kappa shape index (κ3) is 3.23. The van der Waals surface area contributed by atoms with Crippen LogP contribution < -0.4 is 0 Å². The van der Waals surface area contributed by atoms with Gasteiger partial charge in [-0.2, -0.15) is 0 Å². The first-order chi connectivity index (χ1) is 18.7. The number of aliphatic hydroxyl groups excluding tert-OH is 4. The van der Waals surface area contributed by atoms with Crippen molar-refractivity contribution in [1.82, 2.24) is 9.88 Å². The molecule has 2 saturated carbocycles. The van der Waals surface area contributed by atoms with Crippen molar-refractivity contribution in [1.29, 1.82) is 0 Å². The van der Waals surface area contributed by atoms with Gasteiger partial charge in [0.05, 0.1) is 29.5 Å². The van der Waals surface area contributed by atoms with Crippen molar-refractivity contribution in [2.75, 3.05) is 13.1 Å². The van der Waals surface area contributed by atoms with Crippen LogP contribution in [0.5, 0.6) is 0 Å². The number of ether oxygens (including phenoxy) is 1. The van der Waals surface area contributed by atoms with Crippen molar-refractivity contribution in [2.45, 2.75) is 93.0 Å². The minimum Gasteiger partial charge on any atom is -0.389 e. The molecule has 2 bridgehead atoms. The van der Waals surface area contributed by atoms with E-state index in [1.165, 1.54) is 21.9 Å². The molecule has 1 aromatic heterocycles. The van der Waals surface area contributed by atoms with Crippen LogP contribution in [-0.2, 0) is 4.74 Å². The number of likely N-dealkylation sites (tertiary alicyclic amines) is 1. The molecule has 7 nitrogen and oxygen atoms in total. The Morgan fingerprint density at radius 2 is 1.82 bits per heavy atom. The van der Waals surface area contributed by atoms with Crippen LogP contribution in [0.15, 0.2) is 60.0 Å². The summed E-state index contributed by atoms with van der Waals surface area (Å²) in [6.45, 7) is 3.04. The van der Waals surface area contributed by atoms with Gasteiger partial charge in [0, 0.05) is 36.9 Å². The van der Waals surface area contributed by atoms with Gasteiger partial charge < -0.3 is 25.2 Å². The summed E-state index contributed by atoms with van der Waals surface area (Å²) in [5, 5.41) is 45.3. The number of aliphatic hydroxyl groups is 4. The molecule has 7 heteroatoms. The molecule has 6 aliphatic rings. The highest BCUT2D eigenvalue weighted by molar-refractivity contribution is 5.82. The summed E-state index contributed by atoms with van der Waals surface area (Å²) in [6.07, 6.45) is 10.1. The van der Waals surface area contributed by atoms with E-state index in [0.29, 0.717) is 31.3 Å². The summed E-state index contributed by atoms with van der Waals surface area (Å²) in [7, 11) is 0. The molecule has 4 heterocycles. The largest absolute Gasteiger partial charge is 0.389 e. The lowest BCUT2D eigenvalue weighted by atomic mass is 9.58. The second-order valence-corrected chi connectivity index (χ2v) is 13.4. The molecule has 1 unspecified atom stereocenters. The first kappa shape index (κ1) is 24.6. The van der Waals surface area contributed by atoms with Crippen molar-refractivity contribution in [3.63, 3.8) is 0 Å². The van der Waals surface area contributed by atoms with Crippen molar-refractivity contribution >= 4 is 10.8 Å². The Morgan fingerprint density at radius 1 is 1.00 bits per heavy atom. The summed E-state index contributed by atoms with van der Waals surface area (Å²) in [5.41, 5.74) is 2.45. The number of β-amino-alcohol motifs (C(OH)–C–C–N with tert-alkyl or cyclic N) is 2. The van der Waals surface area contributed by atoms with Gasteiger partial charge in [-0.15, -0.1) is 0 Å². The van der Waals surface area contributed by atoms with Crippen LogP contribution in [0.3, 0.4) is 0 Å². The number of hydrogen-bond donors (Lipinski definition) is 4. The second kappa shape index (κ2) is 8.21. The maximum atomic E-state index is 11.4. The highest BCUT2D eigenvalue weighted by Gasteiger charge is 2.68. The standard InChI is InChI=1S/C32H38N2O5/c1-30-8-6-21-13-23-28(37)29(38)24(34-16-25(35)26(36)17-34)14-31(23)9-10-32(21,39-31)27(30)5-4-22(30)19-3-2-18-7-11-33-15-20(18)12-19/h2-3,6-7,11-13,15,22,24-29,35-38H,4-5,8-10,14,16-17H2,1H3/t22-,24+,25+,26+,27-,28-,29+,30-,31-,32?/m1/s1. The van der Waals surface area contributed by atoms with E-state index in [1.807, 2.05) is 17.3 Å². The van der Waals surface area contributed by atoms with Crippen LogP contribution in [0.25, 0.3) is 10.8 Å². The average molecular weight is 531 g/mol. The number of nitrogens with zero attached hydrogens (tertiary/aromatic N) is 2. The van der Waals surface area contributed by atoms with E-state index in [4.69, 9.17) is 4.74 Å². The van der Waals surface area contributed by atoms with Gasteiger partial charge in [-0.3, -0.25) is 9.88 Å². The zero-order chi connectivity index (χ0) is 26.7. The Labute approximate surface area is 228 Å². The average Bonchev–Trinajstić information content (AvgIpc) is 3.57. The van der Waals surface area contributed by atoms with E-state index < -0.39 is 30.0 Å². The summed E-state index contributed by atoms with van der Waals surface area (Å²) >= 11 is 0. The lowest BCUT2D eigenvalue weighted by Gasteiger charge is -2.56. The van der Waals surface area contributed by atoms with Crippen LogP contribution in [0.4, 0.5) is 0 Å². The van der Waals surface area contributed by atoms with E-state index >= 15 is 0 Å². The Balaban J connectivity index is 1.15. The van der Waals surface area contributed by atoms with Crippen LogP contribution >= 0.6 is 0 Å². The van der Waals surface area contributed by atoms with E-state index in [-0.39, 0.29) is 17.1 Å². The van der Waals surface area contributed by atoms with Crippen LogP contribution in [-0.4, -0.2) is 85.1 Å². The normalized spacial score (nSPS) is 46.9. The van der Waals surface area contributed by atoms with Crippen molar-refractivity contribution in [2.24, 2.45) is 11.3 Å². The zero-order valence-corrected chi connectivity index (χ0v) is 22.4. The lowest BCUT2D eigenvalue weighted by molar-refractivity contribution is -0.167. The Hall–Kier alpha value is -2.13. The molecule has 0 amide bonds. The predicted molar refractivity (Wildman–Crippen MR) is 146 cm³/mol. The predicted octanol–water partition coefficient (Wildman–Crippen LogP) is 2.82. The molecule has 0 radical (unpaired) electrons. The zero-order valence-electron chi connectivity index (χ0n) is 22.4. The van der Waals surface area contributed by atoms with E-state index in [2.05, 4.69) is 48.3 Å². The summed E-state index contributed by atoms with van der Waals surface area (Å²) in [4.78, 5) is 6.29. The highest BCUT2D eigenvalue weighted by Crippen LogP contribution is 2.69. The third-order valence-corrected chi connectivity index (χ3v) is 11.7. The number of benzene rings is 1. The van der Waals surface area contributed by atoms with E-state index in [9.17, 15) is 20.4 Å². The molecule has 2 aromatic rings. The molecule has 39 heavy (non-hydrogen) atoms. The molecule has 2 spiro atoms. The fourth-order valence-electron chi connectivity index (χ4n) is 9.71. The maximum Gasteiger partial charge on any atom is 0.105 e. The maximum absolute atomic E-state index is 11.4. The Kier molecular flexibility index (Phi) is 5.19. The first-order valence-corrected chi connectivity index (χ1v) is 14.7. The van der Waals surface area contributed by atoms with E-state index in [0.717, 1.165) is 37.7 Å². The SMILES string of the molecule is C[C@]12CC=C3C=C4[C@@H](O)[C@@H](O)[C@@H](N5C[C@H](O)[C@@H](O)C5)C[C@]45CCC3(O5)[C@@H]1CC[C@@H]2c1ccc2ccncc2c1. The second-order valence-electron chi connectivity index (χ2n) is 13.4.